The number of amides is 1. The molecule has 1 amide bonds. The second-order valence-electron chi connectivity index (χ2n) is 5.50. The number of nitrogens with zero attached hydrogens (tertiary/aromatic N) is 1. The van der Waals surface area contributed by atoms with Crippen LogP contribution in [-0.4, -0.2) is 22.6 Å². The Morgan fingerprint density at radius 1 is 1.55 bits per heavy atom. The van der Waals surface area contributed by atoms with E-state index in [1.54, 1.807) is 18.3 Å². The Morgan fingerprint density at radius 2 is 2.30 bits per heavy atom. The lowest BCUT2D eigenvalue weighted by atomic mass is 9.98. The van der Waals surface area contributed by atoms with Crippen molar-refractivity contribution in [1.29, 1.82) is 0 Å². The highest BCUT2D eigenvalue weighted by atomic mass is 32.1. The molecule has 0 saturated heterocycles. The lowest BCUT2D eigenvalue weighted by Gasteiger charge is -2.14. The molecule has 0 aromatic carbocycles. The Hall–Kier alpha value is -1.66. The molecule has 0 radical (unpaired) electrons. The maximum Gasteiger partial charge on any atom is 0.263 e. The zero-order valence-electron chi connectivity index (χ0n) is 11.7. The molecule has 2 N–H and O–H groups in total. The van der Waals surface area contributed by atoms with E-state index in [4.69, 9.17) is 4.42 Å². The minimum absolute atomic E-state index is 0.0828. The Labute approximate surface area is 121 Å². The number of aliphatic hydroxyl groups is 1. The summed E-state index contributed by atoms with van der Waals surface area (Å²) in [4.78, 5) is 17.0. The van der Waals surface area contributed by atoms with Crippen LogP contribution < -0.4 is 5.32 Å². The molecule has 0 spiro atoms. The van der Waals surface area contributed by atoms with Gasteiger partial charge in [0.25, 0.3) is 5.91 Å². The summed E-state index contributed by atoms with van der Waals surface area (Å²) < 4.78 is 5.20. The summed E-state index contributed by atoms with van der Waals surface area (Å²) in [7, 11) is 0. The van der Waals surface area contributed by atoms with E-state index in [9.17, 15) is 9.90 Å². The highest BCUT2D eigenvalue weighted by Gasteiger charge is 2.22. The van der Waals surface area contributed by atoms with Crippen molar-refractivity contribution in [2.24, 2.45) is 0 Å². The van der Waals surface area contributed by atoms with Crippen LogP contribution in [0.2, 0.25) is 0 Å². The number of aromatic nitrogens is 1. The fourth-order valence-electron chi connectivity index (χ4n) is 1.65. The maximum atomic E-state index is 12.2. The van der Waals surface area contributed by atoms with Gasteiger partial charge in [-0.05, 0) is 12.1 Å². The van der Waals surface area contributed by atoms with E-state index in [2.05, 4.69) is 10.3 Å². The number of furan rings is 1. The molecule has 0 bridgehead atoms. The summed E-state index contributed by atoms with van der Waals surface area (Å²) >= 11 is 1.36. The van der Waals surface area contributed by atoms with Crippen molar-refractivity contribution in [1.82, 2.24) is 10.3 Å². The summed E-state index contributed by atoms with van der Waals surface area (Å²) in [6.07, 6.45) is 3.08. The normalized spacial score (nSPS) is 13.2. The zero-order chi connectivity index (χ0) is 14.8. The summed E-state index contributed by atoms with van der Waals surface area (Å²) in [6, 6.07) is 2.89. The van der Waals surface area contributed by atoms with Gasteiger partial charge in [-0.3, -0.25) is 4.79 Å². The number of hydrogen-bond donors (Lipinski definition) is 2. The first kappa shape index (κ1) is 14.7. The molecule has 1 unspecified atom stereocenters. The highest BCUT2D eigenvalue weighted by molar-refractivity contribution is 7.13. The largest absolute Gasteiger partial charge is 0.467 e. The number of aliphatic hydroxyl groups excluding tert-OH is 1. The van der Waals surface area contributed by atoms with Gasteiger partial charge in [0.05, 0.1) is 24.1 Å². The molecule has 108 valence electrons. The summed E-state index contributed by atoms with van der Waals surface area (Å²) in [5.74, 6) is 0.273. The third-order valence-electron chi connectivity index (χ3n) is 2.75. The molecule has 2 rings (SSSR count). The topological polar surface area (TPSA) is 75.4 Å². The summed E-state index contributed by atoms with van der Waals surface area (Å²) in [6.45, 7) is 5.93. The van der Waals surface area contributed by atoms with Crippen LogP contribution in [0.4, 0.5) is 0 Å². The Morgan fingerprint density at radius 3 is 2.80 bits per heavy atom. The first-order valence-corrected chi connectivity index (χ1v) is 7.15. The molecule has 20 heavy (non-hydrogen) atoms. The highest BCUT2D eigenvalue weighted by Crippen LogP contribution is 2.27. The third kappa shape index (κ3) is 3.26. The van der Waals surface area contributed by atoms with Crippen LogP contribution in [-0.2, 0) is 5.41 Å². The fourth-order valence-corrected chi connectivity index (χ4v) is 2.53. The van der Waals surface area contributed by atoms with E-state index in [0.717, 1.165) is 5.01 Å². The summed E-state index contributed by atoms with van der Waals surface area (Å²) in [5.41, 5.74) is -0.0828. The lowest BCUT2D eigenvalue weighted by molar-refractivity contribution is 0.0911. The van der Waals surface area contributed by atoms with E-state index in [-0.39, 0.29) is 17.9 Å². The van der Waals surface area contributed by atoms with Crippen LogP contribution >= 0.6 is 11.3 Å². The molecular formula is C14H18N2O3S. The number of carbonyl (C=O) groups is 1. The molecule has 2 aromatic rings. The molecular weight excluding hydrogens is 276 g/mol. The second-order valence-corrected chi connectivity index (χ2v) is 6.53. The van der Waals surface area contributed by atoms with E-state index in [1.807, 2.05) is 20.8 Å². The third-order valence-corrected chi connectivity index (χ3v) is 4.17. The molecule has 0 fully saturated rings. The standard InChI is InChI=1S/C14H18N2O3S/c1-14(2,3)13-15-7-11(20-13)12(18)16-9(8-17)10-5-4-6-19-10/h4-7,9,17H,8H2,1-3H3,(H,16,18). The van der Waals surface area contributed by atoms with Gasteiger partial charge in [0, 0.05) is 5.41 Å². The average molecular weight is 294 g/mol. The van der Waals surface area contributed by atoms with Crippen LogP contribution in [0.5, 0.6) is 0 Å². The van der Waals surface area contributed by atoms with E-state index < -0.39 is 6.04 Å². The van der Waals surface area contributed by atoms with Gasteiger partial charge in [0.1, 0.15) is 16.7 Å². The lowest BCUT2D eigenvalue weighted by Crippen LogP contribution is -2.29. The van der Waals surface area contributed by atoms with E-state index >= 15 is 0 Å². The Bertz CT molecular complexity index is 570. The smallest absolute Gasteiger partial charge is 0.263 e. The first-order chi connectivity index (χ1) is 9.41. The minimum atomic E-state index is -0.544. The van der Waals surface area contributed by atoms with Crippen molar-refractivity contribution in [2.45, 2.75) is 32.2 Å². The number of nitrogens with one attached hydrogen (secondary N) is 1. The van der Waals surface area contributed by atoms with Gasteiger partial charge in [0.15, 0.2) is 0 Å². The van der Waals surface area contributed by atoms with Crippen molar-refractivity contribution in [3.05, 3.63) is 40.2 Å². The van der Waals surface area contributed by atoms with Gasteiger partial charge >= 0.3 is 0 Å². The predicted molar refractivity (Wildman–Crippen MR) is 76.8 cm³/mol. The molecule has 0 aliphatic carbocycles. The van der Waals surface area contributed by atoms with Crippen molar-refractivity contribution in [3.8, 4) is 0 Å². The molecule has 1 atom stereocenters. The quantitative estimate of drug-likeness (QED) is 0.908. The number of hydrogen-bond acceptors (Lipinski definition) is 5. The number of rotatable bonds is 4. The molecule has 5 nitrogen and oxygen atoms in total. The molecule has 2 aromatic heterocycles. The molecule has 0 saturated carbocycles. The zero-order valence-corrected chi connectivity index (χ0v) is 12.5. The predicted octanol–water partition coefficient (Wildman–Crippen LogP) is 2.50. The van der Waals surface area contributed by atoms with Gasteiger partial charge in [-0.25, -0.2) is 4.98 Å². The fraction of sp³-hybridized carbons (Fsp3) is 0.429. The molecule has 2 heterocycles. The summed E-state index contributed by atoms with van der Waals surface area (Å²) in [5, 5.41) is 13.0. The second kappa shape index (κ2) is 5.76. The minimum Gasteiger partial charge on any atom is -0.467 e. The van der Waals surface area contributed by atoms with Crippen molar-refractivity contribution in [3.63, 3.8) is 0 Å². The number of thiazole rings is 1. The van der Waals surface area contributed by atoms with Crippen LogP contribution in [0.1, 0.15) is 47.3 Å². The van der Waals surface area contributed by atoms with Crippen molar-refractivity contribution in [2.75, 3.05) is 6.61 Å². The molecule has 0 aliphatic rings. The maximum absolute atomic E-state index is 12.2. The van der Waals surface area contributed by atoms with Crippen LogP contribution in [0.15, 0.2) is 29.0 Å². The van der Waals surface area contributed by atoms with Crippen molar-refractivity contribution >= 4 is 17.2 Å². The van der Waals surface area contributed by atoms with Gasteiger partial charge in [-0.2, -0.15) is 0 Å². The first-order valence-electron chi connectivity index (χ1n) is 6.33. The molecule has 0 aliphatic heterocycles. The van der Waals surface area contributed by atoms with Gasteiger partial charge < -0.3 is 14.8 Å². The Kier molecular flexibility index (Phi) is 4.25. The van der Waals surface area contributed by atoms with Crippen LogP contribution in [0.25, 0.3) is 0 Å². The average Bonchev–Trinajstić information content (AvgIpc) is 3.04. The van der Waals surface area contributed by atoms with Gasteiger partial charge in [0.2, 0.25) is 0 Å². The van der Waals surface area contributed by atoms with Crippen LogP contribution in [0, 0.1) is 0 Å². The van der Waals surface area contributed by atoms with E-state index in [0.29, 0.717) is 10.6 Å². The Balaban J connectivity index is 2.10. The van der Waals surface area contributed by atoms with E-state index in [1.165, 1.54) is 17.6 Å². The van der Waals surface area contributed by atoms with Crippen LogP contribution in [0.3, 0.4) is 0 Å². The van der Waals surface area contributed by atoms with Gasteiger partial charge in [-0.1, -0.05) is 20.8 Å². The SMILES string of the molecule is CC(C)(C)c1ncc(C(=O)NC(CO)c2ccco2)s1. The number of carbonyl (C=O) groups excluding carboxylic acids is 1. The monoisotopic (exact) mass is 294 g/mol. The van der Waals surface area contributed by atoms with Gasteiger partial charge in [-0.15, -0.1) is 11.3 Å². The van der Waals surface area contributed by atoms with Crippen molar-refractivity contribution < 1.29 is 14.3 Å². The molecule has 6 heteroatoms.